The Morgan fingerprint density at radius 2 is 1.73 bits per heavy atom. The number of nitrogens with zero attached hydrogens (tertiary/aromatic N) is 4. The number of nitrogens with one attached hydrogen (secondary N) is 1. The molecule has 33 heavy (non-hydrogen) atoms. The average molecular weight is 498 g/mol. The molecule has 0 spiro atoms. The lowest BCUT2D eigenvalue weighted by Gasteiger charge is -2.52. The minimum Gasteiger partial charge on any atom is -0.507 e. The smallest absolute Gasteiger partial charge is 0.214 e. The Kier molecular flexibility index (Phi) is 9.26. The van der Waals surface area contributed by atoms with Crippen LogP contribution in [0, 0.1) is 0 Å². The molecule has 0 aromatic heterocycles. The molecule has 2 N–H and O–H groups in total. The number of phenols is 1. The number of benzene rings is 1. The Hall–Kier alpha value is -1.55. The van der Waals surface area contributed by atoms with E-state index in [1.807, 2.05) is 6.92 Å². The van der Waals surface area contributed by atoms with Crippen LogP contribution < -0.4 is 10.2 Å². The Labute approximate surface area is 202 Å². The minimum absolute atomic E-state index is 0.0903. The molecule has 2 aliphatic heterocycles. The maximum atomic E-state index is 10.2. The van der Waals surface area contributed by atoms with Crippen LogP contribution in [0.1, 0.15) is 33.3 Å². The fourth-order valence-electron chi connectivity index (χ4n) is 4.16. The van der Waals surface area contributed by atoms with Crippen LogP contribution in [0.15, 0.2) is 28.0 Å². The van der Waals surface area contributed by atoms with Gasteiger partial charge in [0.1, 0.15) is 18.9 Å². The van der Waals surface area contributed by atoms with E-state index in [1.54, 1.807) is 18.2 Å². The van der Waals surface area contributed by atoms with E-state index in [2.05, 4.69) is 40.6 Å². The summed E-state index contributed by atoms with van der Waals surface area (Å²) >= 11 is 5.65. The van der Waals surface area contributed by atoms with E-state index in [0.29, 0.717) is 49.5 Å². The van der Waals surface area contributed by atoms with Crippen molar-refractivity contribution in [3.63, 3.8) is 0 Å². The number of hydrogen-bond acceptors (Lipinski definition) is 6. The highest BCUT2D eigenvalue weighted by molar-refractivity contribution is 7.81. The van der Waals surface area contributed by atoms with Crippen molar-refractivity contribution in [3.8, 4) is 11.5 Å². The third-order valence-electron chi connectivity index (χ3n) is 5.57. The average Bonchev–Trinajstić information content (AvgIpc) is 2.79. The van der Waals surface area contributed by atoms with E-state index in [4.69, 9.17) is 31.2 Å². The van der Waals surface area contributed by atoms with Gasteiger partial charge in [0.25, 0.3) is 0 Å². The molecule has 11 heteroatoms. The maximum absolute atomic E-state index is 10.2. The molecule has 0 saturated carbocycles. The second kappa shape index (κ2) is 11.7. The molecule has 0 atom stereocenters. The van der Waals surface area contributed by atoms with Crippen molar-refractivity contribution in [1.82, 2.24) is 14.8 Å². The van der Waals surface area contributed by atoms with Crippen LogP contribution in [0.25, 0.3) is 0 Å². The van der Waals surface area contributed by atoms with Gasteiger partial charge in [-0.1, -0.05) is 20.8 Å². The van der Waals surface area contributed by atoms with E-state index in [9.17, 15) is 5.11 Å². The molecule has 0 aliphatic carbocycles. The van der Waals surface area contributed by atoms with Crippen LogP contribution in [-0.4, -0.2) is 90.1 Å². The van der Waals surface area contributed by atoms with Gasteiger partial charge >= 0.3 is 0 Å². The molecule has 0 bridgehead atoms. The van der Waals surface area contributed by atoms with Gasteiger partial charge in [0.15, 0.2) is 0 Å². The molecule has 9 nitrogen and oxygen atoms in total. The number of ether oxygens (including phenoxy) is 3. The van der Waals surface area contributed by atoms with E-state index in [0.717, 1.165) is 26.2 Å². The third-order valence-corrected chi connectivity index (χ3v) is 10.5. The van der Waals surface area contributed by atoms with Crippen LogP contribution in [0.3, 0.4) is 0 Å². The summed E-state index contributed by atoms with van der Waals surface area (Å²) < 4.78 is 26.8. The van der Waals surface area contributed by atoms with Gasteiger partial charge in [0.05, 0.1) is 39.2 Å². The molecule has 2 heterocycles. The Morgan fingerprint density at radius 1 is 1.15 bits per heavy atom. The lowest BCUT2D eigenvalue weighted by Crippen LogP contribution is -2.48. The zero-order valence-corrected chi connectivity index (χ0v) is 21.7. The van der Waals surface area contributed by atoms with Crippen LogP contribution >= 0.6 is 19.6 Å². The number of hydrazone groups is 1. The van der Waals surface area contributed by atoms with Crippen molar-refractivity contribution in [2.75, 3.05) is 59.2 Å². The van der Waals surface area contributed by atoms with E-state index in [-0.39, 0.29) is 10.9 Å². The predicted octanol–water partition coefficient (Wildman–Crippen LogP) is 3.49. The molecule has 0 unspecified atom stereocenters. The lowest BCUT2D eigenvalue weighted by molar-refractivity contribution is 0.0551. The first-order chi connectivity index (χ1) is 15.8. The molecule has 2 fully saturated rings. The molecule has 2 aliphatic rings. The highest BCUT2D eigenvalue weighted by Gasteiger charge is 2.45. The predicted molar refractivity (Wildman–Crippen MR) is 136 cm³/mol. The summed E-state index contributed by atoms with van der Waals surface area (Å²) in [6.45, 7) is 15.2. The van der Waals surface area contributed by atoms with Crippen molar-refractivity contribution in [2.45, 2.75) is 32.9 Å². The summed E-state index contributed by atoms with van der Waals surface area (Å²) in [6.07, 6.45) is 1.54. The van der Waals surface area contributed by atoms with Crippen molar-refractivity contribution in [1.29, 1.82) is 0 Å². The fourth-order valence-corrected chi connectivity index (χ4v) is 8.91. The number of aromatic hydroxyl groups is 1. The summed E-state index contributed by atoms with van der Waals surface area (Å²) in [5.41, 5.74) is 3.47. The van der Waals surface area contributed by atoms with Gasteiger partial charge in [0, 0.05) is 43.0 Å². The third kappa shape index (κ3) is 6.32. The zero-order chi connectivity index (χ0) is 23.9. The topological polar surface area (TPSA) is 91.2 Å². The molecular formula is C22H36N5O4PS. The number of morpholine rings is 2. The zero-order valence-electron chi connectivity index (χ0n) is 20.0. The molecule has 2 saturated heterocycles. The standard InChI is InChI=1S/C22H36N5O4PS/c1-5-31-19-7-6-18(20(28)16-19)17-23-24-21(33)25-32(22(2,3)4,26-8-12-29-13-9-26)27-10-14-30-15-11-27/h6-7,16-17,28H,5,8-15H2,1-4H3,(H,24,33). The Bertz CT molecular complexity index is 871. The van der Waals surface area contributed by atoms with Gasteiger partial charge in [-0.2, -0.15) is 5.10 Å². The second-order valence-corrected chi connectivity index (χ2v) is 13.0. The highest BCUT2D eigenvalue weighted by atomic mass is 32.1. The van der Waals surface area contributed by atoms with Gasteiger partial charge in [-0.3, -0.25) is 14.8 Å². The summed E-state index contributed by atoms with van der Waals surface area (Å²) in [4.78, 5) is 0. The van der Waals surface area contributed by atoms with Crippen molar-refractivity contribution >= 4 is 30.9 Å². The monoisotopic (exact) mass is 497 g/mol. The van der Waals surface area contributed by atoms with Gasteiger partial charge < -0.3 is 19.3 Å². The molecule has 1 aromatic carbocycles. The quantitative estimate of drug-likeness (QED) is 0.267. The van der Waals surface area contributed by atoms with Gasteiger partial charge in [-0.05, 0) is 31.3 Å². The first-order valence-electron chi connectivity index (χ1n) is 11.4. The molecule has 0 radical (unpaired) electrons. The lowest BCUT2D eigenvalue weighted by atomic mass is 10.2. The Morgan fingerprint density at radius 3 is 2.21 bits per heavy atom. The normalized spacial score (nSPS) is 18.9. The first kappa shape index (κ1) is 26.1. The highest BCUT2D eigenvalue weighted by Crippen LogP contribution is 2.66. The summed E-state index contributed by atoms with van der Waals surface area (Å²) in [5, 5.41) is 14.7. The van der Waals surface area contributed by atoms with Gasteiger partial charge in [-0.15, -0.1) is 0 Å². The summed E-state index contributed by atoms with van der Waals surface area (Å²) in [7, 11) is -2.23. The number of phenolic OH excluding ortho intramolecular Hbond substituents is 1. The summed E-state index contributed by atoms with van der Waals surface area (Å²) in [6, 6.07) is 5.11. The SMILES string of the molecule is CCOc1ccc(C=NNC(=S)N=P(N2CCOCC2)(N2CCOCC2)C(C)(C)C)c(O)c1. The van der Waals surface area contributed by atoms with Crippen LogP contribution in [0.4, 0.5) is 0 Å². The van der Waals surface area contributed by atoms with Crippen molar-refractivity contribution < 1.29 is 19.3 Å². The minimum atomic E-state index is -2.23. The molecule has 0 amide bonds. The van der Waals surface area contributed by atoms with Gasteiger partial charge in [-0.25, -0.2) is 4.74 Å². The molecule has 184 valence electrons. The number of rotatable bonds is 6. The molecule has 1 aromatic rings. The molecular weight excluding hydrogens is 461 g/mol. The Balaban J connectivity index is 1.86. The number of hydrogen-bond donors (Lipinski definition) is 2. The van der Waals surface area contributed by atoms with Crippen molar-refractivity contribution in [2.24, 2.45) is 9.85 Å². The van der Waals surface area contributed by atoms with E-state index < -0.39 is 7.36 Å². The molecule has 3 rings (SSSR count). The van der Waals surface area contributed by atoms with Crippen molar-refractivity contribution in [3.05, 3.63) is 23.8 Å². The van der Waals surface area contributed by atoms with E-state index >= 15 is 0 Å². The van der Waals surface area contributed by atoms with E-state index in [1.165, 1.54) is 6.21 Å². The maximum Gasteiger partial charge on any atom is 0.214 e. The first-order valence-corrected chi connectivity index (χ1v) is 13.4. The largest absolute Gasteiger partial charge is 0.507 e. The number of thiocarbonyl (C=S) groups is 1. The second-order valence-electron chi connectivity index (χ2n) is 8.80. The fraction of sp³-hybridized carbons (Fsp3) is 0.636. The van der Waals surface area contributed by atoms with Crippen LogP contribution in [-0.2, 0) is 9.47 Å². The van der Waals surface area contributed by atoms with Crippen LogP contribution in [0.5, 0.6) is 11.5 Å². The van der Waals surface area contributed by atoms with Gasteiger partial charge in [0.2, 0.25) is 5.11 Å². The summed E-state index contributed by atoms with van der Waals surface area (Å²) in [5.74, 6) is 0.703. The van der Waals surface area contributed by atoms with Crippen LogP contribution in [0.2, 0.25) is 0 Å².